The number of ether oxygens (including phenoxy) is 2. The van der Waals surface area contributed by atoms with Crippen LogP contribution < -0.4 is 5.32 Å². The number of aliphatic carboxylic acids is 1. The normalized spacial score (nSPS) is 24.5. The number of amides is 1. The Hall–Kier alpha value is -2.08. The highest BCUT2D eigenvalue weighted by Gasteiger charge is 2.43. The Morgan fingerprint density at radius 1 is 1.41 bits per heavy atom. The van der Waals surface area contributed by atoms with E-state index in [4.69, 9.17) is 9.47 Å². The monoisotopic (exact) mass is 307 g/mol. The third-order valence-electron chi connectivity index (χ3n) is 3.92. The van der Waals surface area contributed by atoms with Gasteiger partial charge in [-0.05, 0) is 18.4 Å². The topological polar surface area (TPSA) is 84.9 Å². The minimum Gasteiger partial charge on any atom is -0.479 e. The van der Waals surface area contributed by atoms with Crippen LogP contribution in [0.25, 0.3) is 0 Å². The molecule has 1 aromatic carbocycles. The second-order valence-corrected chi connectivity index (χ2v) is 5.40. The van der Waals surface area contributed by atoms with E-state index < -0.39 is 17.7 Å². The number of alkyl carbamates (subject to hydrolysis) is 1. The quantitative estimate of drug-likeness (QED) is 0.872. The van der Waals surface area contributed by atoms with E-state index in [0.29, 0.717) is 19.4 Å². The summed E-state index contributed by atoms with van der Waals surface area (Å²) in [7, 11) is 0. The highest BCUT2D eigenvalue weighted by atomic mass is 16.5. The zero-order valence-corrected chi connectivity index (χ0v) is 12.6. The number of hydrogen-bond acceptors (Lipinski definition) is 4. The van der Waals surface area contributed by atoms with Crippen LogP contribution in [-0.2, 0) is 20.9 Å². The zero-order chi connectivity index (χ0) is 16.0. The largest absolute Gasteiger partial charge is 0.479 e. The molecule has 2 unspecified atom stereocenters. The van der Waals surface area contributed by atoms with Crippen LogP contribution in [0.5, 0.6) is 0 Å². The van der Waals surface area contributed by atoms with Gasteiger partial charge >= 0.3 is 12.1 Å². The van der Waals surface area contributed by atoms with E-state index in [1.807, 2.05) is 30.3 Å². The molecule has 0 aliphatic carbocycles. The number of carbonyl (C=O) groups excluding carboxylic acids is 1. The average Bonchev–Trinajstić information content (AvgIpc) is 2.54. The lowest BCUT2D eigenvalue weighted by Gasteiger charge is -2.37. The summed E-state index contributed by atoms with van der Waals surface area (Å²) >= 11 is 0. The number of benzene rings is 1. The Labute approximate surface area is 129 Å². The average molecular weight is 307 g/mol. The van der Waals surface area contributed by atoms with E-state index in [0.717, 1.165) is 5.56 Å². The van der Waals surface area contributed by atoms with Crippen LogP contribution in [0.2, 0.25) is 0 Å². The van der Waals surface area contributed by atoms with Crippen LogP contribution in [0, 0.1) is 0 Å². The Kier molecular flexibility index (Phi) is 5.38. The van der Waals surface area contributed by atoms with Crippen molar-refractivity contribution >= 4 is 12.1 Å². The molecule has 1 fully saturated rings. The molecule has 120 valence electrons. The minimum absolute atomic E-state index is 0.188. The summed E-state index contributed by atoms with van der Waals surface area (Å²) in [5.74, 6) is -0.987. The lowest BCUT2D eigenvalue weighted by Crippen LogP contribution is -2.52. The van der Waals surface area contributed by atoms with Crippen LogP contribution in [-0.4, -0.2) is 35.4 Å². The molecule has 1 aliphatic heterocycles. The molecule has 1 heterocycles. The molecule has 2 rings (SSSR count). The zero-order valence-electron chi connectivity index (χ0n) is 12.6. The molecule has 0 saturated carbocycles. The van der Waals surface area contributed by atoms with E-state index in [1.54, 1.807) is 6.92 Å². The molecule has 2 atom stereocenters. The van der Waals surface area contributed by atoms with Crippen molar-refractivity contribution < 1.29 is 24.2 Å². The summed E-state index contributed by atoms with van der Waals surface area (Å²) in [6, 6.07) is 9.12. The van der Waals surface area contributed by atoms with Gasteiger partial charge in [0.1, 0.15) is 6.61 Å². The van der Waals surface area contributed by atoms with Crippen LogP contribution in [0.4, 0.5) is 4.79 Å². The molecular weight excluding hydrogens is 286 g/mol. The van der Waals surface area contributed by atoms with Gasteiger partial charge in [0.15, 0.2) is 5.60 Å². The summed E-state index contributed by atoms with van der Waals surface area (Å²) in [4.78, 5) is 23.2. The molecule has 22 heavy (non-hydrogen) atoms. The fourth-order valence-electron chi connectivity index (χ4n) is 2.56. The first kappa shape index (κ1) is 16.3. The summed E-state index contributed by atoms with van der Waals surface area (Å²) in [5.41, 5.74) is -0.312. The molecule has 6 nitrogen and oxygen atoms in total. The number of carboxylic acids is 1. The van der Waals surface area contributed by atoms with E-state index in [1.165, 1.54) is 0 Å². The summed E-state index contributed by atoms with van der Waals surface area (Å²) in [5, 5.41) is 12.1. The molecule has 1 amide bonds. The lowest BCUT2D eigenvalue weighted by molar-refractivity contribution is -0.174. The van der Waals surface area contributed by atoms with E-state index in [9.17, 15) is 14.7 Å². The molecule has 6 heteroatoms. The molecule has 1 aliphatic rings. The van der Waals surface area contributed by atoms with Crippen molar-refractivity contribution in [2.24, 2.45) is 0 Å². The van der Waals surface area contributed by atoms with Crippen molar-refractivity contribution in [1.29, 1.82) is 0 Å². The third-order valence-corrected chi connectivity index (χ3v) is 3.92. The Morgan fingerprint density at radius 2 is 2.14 bits per heavy atom. The maximum atomic E-state index is 11.8. The Balaban J connectivity index is 1.85. The van der Waals surface area contributed by atoms with E-state index in [2.05, 4.69) is 5.32 Å². The fraction of sp³-hybridized carbons (Fsp3) is 0.500. The molecule has 1 aromatic rings. The Morgan fingerprint density at radius 3 is 2.77 bits per heavy atom. The molecule has 2 N–H and O–H groups in total. The first-order valence-corrected chi connectivity index (χ1v) is 7.40. The van der Waals surface area contributed by atoms with Crippen molar-refractivity contribution in [1.82, 2.24) is 5.32 Å². The molecule has 0 aromatic heterocycles. The summed E-state index contributed by atoms with van der Waals surface area (Å²) < 4.78 is 10.6. The van der Waals surface area contributed by atoms with Gasteiger partial charge in [-0.15, -0.1) is 0 Å². The van der Waals surface area contributed by atoms with Crippen molar-refractivity contribution in [3.05, 3.63) is 35.9 Å². The molecular formula is C16H21NO5. The first-order chi connectivity index (χ1) is 10.6. The van der Waals surface area contributed by atoms with Gasteiger partial charge in [-0.2, -0.15) is 0 Å². The number of rotatable bonds is 5. The predicted octanol–water partition coefficient (Wildman–Crippen LogP) is 2.33. The second kappa shape index (κ2) is 7.26. The number of carbonyl (C=O) groups is 2. The van der Waals surface area contributed by atoms with Crippen LogP contribution in [0.1, 0.15) is 31.7 Å². The van der Waals surface area contributed by atoms with Crippen molar-refractivity contribution in [3.63, 3.8) is 0 Å². The van der Waals surface area contributed by atoms with Gasteiger partial charge in [0.25, 0.3) is 0 Å². The summed E-state index contributed by atoms with van der Waals surface area (Å²) in [6.45, 7) is 2.27. The number of carboxylic acid groups (broad SMARTS) is 1. The van der Waals surface area contributed by atoms with Crippen molar-refractivity contribution in [2.45, 2.75) is 44.4 Å². The minimum atomic E-state index is -1.21. The van der Waals surface area contributed by atoms with Crippen LogP contribution >= 0.6 is 0 Å². The molecule has 1 saturated heterocycles. The highest BCUT2D eigenvalue weighted by molar-refractivity contribution is 5.78. The molecule has 0 bridgehead atoms. The van der Waals surface area contributed by atoms with Crippen molar-refractivity contribution in [2.75, 3.05) is 6.61 Å². The van der Waals surface area contributed by atoms with Gasteiger partial charge in [0.05, 0.1) is 6.61 Å². The highest BCUT2D eigenvalue weighted by Crippen LogP contribution is 2.28. The number of nitrogens with one attached hydrogen (secondary N) is 1. The first-order valence-electron chi connectivity index (χ1n) is 7.40. The van der Waals surface area contributed by atoms with E-state index >= 15 is 0 Å². The second-order valence-electron chi connectivity index (χ2n) is 5.40. The SMILES string of the molecule is CCC1(C(=O)O)CC(NC(=O)OCc2ccccc2)CCO1. The van der Waals surface area contributed by atoms with E-state index in [-0.39, 0.29) is 19.1 Å². The third kappa shape index (κ3) is 3.98. The maximum absolute atomic E-state index is 11.8. The molecule has 0 radical (unpaired) electrons. The van der Waals surface area contributed by atoms with Gasteiger partial charge in [-0.25, -0.2) is 9.59 Å². The van der Waals surface area contributed by atoms with Gasteiger partial charge < -0.3 is 19.9 Å². The van der Waals surface area contributed by atoms with Gasteiger partial charge in [-0.3, -0.25) is 0 Å². The summed E-state index contributed by atoms with van der Waals surface area (Å²) in [6.07, 6.45) is 0.653. The lowest BCUT2D eigenvalue weighted by atomic mass is 9.88. The fourth-order valence-corrected chi connectivity index (χ4v) is 2.56. The Bertz CT molecular complexity index is 519. The van der Waals surface area contributed by atoms with Crippen LogP contribution in [0.15, 0.2) is 30.3 Å². The standard InChI is InChI=1S/C16H21NO5/c1-2-16(14(18)19)10-13(8-9-22-16)17-15(20)21-11-12-6-4-3-5-7-12/h3-7,13H,2,8-11H2,1H3,(H,17,20)(H,18,19). The van der Waals surface area contributed by atoms with Gasteiger partial charge in [0.2, 0.25) is 0 Å². The predicted molar refractivity (Wildman–Crippen MR) is 79.4 cm³/mol. The molecule has 0 spiro atoms. The number of hydrogen-bond donors (Lipinski definition) is 2. The smallest absolute Gasteiger partial charge is 0.407 e. The van der Waals surface area contributed by atoms with Gasteiger partial charge in [0, 0.05) is 12.5 Å². The maximum Gasteiger partial charge on any atom is 0.407 e. The van der Waals surface area contributed by atoms with Crippen molar-refractivity contribution in [3.8, 4) is 0 Å². The van der Waals surface area contributed by atoms with Crippen LogP contribution in [0.3, 0.4) is 0 Å². The van der Waals surface area contributed by atoms with Gasteiger partial charge in [-0.1, -0.05) is 37.3 Å².